The number of amides is 1. The molecule has 6 heteroatoms. The highest BCUT2D eigenvalue weighted by Gasteiger charge is 2.45. The summed E-state index contributed by atoms with van der Waals surface area (Å²) in [6, 6.07) is 7.97. The van der Waals surface area contributed by atoms with Crippen molar-refractivity contribution in [2.75, 3.05) is 39.3 Å². The van der Waals surface area contributed by atoms with E-state index in [1.54, 1.807) is 4.68 Å². The third-order valence-electron chi connectivity index (χ3n) is 6.79. The molecular weight excluding hydrogens is 352 g/mol. The van der Waals surface area contributed by atoms with Crippen LogP contribution in [0.5, 0.6) is 0 Å². The molecule has 2 atom stereocenters. The largest absolute Gasteiger partial charge is 0.373 e. The first-order chi connectivity index (χ1) is 13.6. The Bertz CT molecular complexity index is 873. The molecule has 3 fully saturated rings. The van der Waals surface area contributed by atoms with Gasteiger partial charge in [0, 0.05) is 25.5 Å². The van der Waals surface area contributed by atoms with Gasteiger partial charge in [-0.25, -0.2) is 0 Å². The van der Waals surface area contributed by atoms with Crippen LogP contribution in [-0.2, 0) is 11.8 Å². The van der Waals surface area contributed by atoms with E-state index < -0.39 is 0 Å². The maximum absolute atomic E-state index is 13.3. The molecule has 1 aromatic carbocycles. The number of aryl methyl sites for hydroxylation is 1. The molecule has 1 amide bonds. The molecular formula is C22H30N4O2. The molecule has 6 nitrogen and oxygen atoms in total. The Labute approximate surface area is 166 Å². The Hall–Kier alpha value is -1.92. The van der Waals surface area contributed by atoms with Gasteiger partial charge in [0.15, 0.2) is 5.69 Å². The van der Waals surface area contributed by atoms with Crippen molar-refractivity contribution in [3.8, 4) is 0 Å². The highest BCUT2D eigenvalue weighted by molar-refractivity contribution is 6.04. The number of nitrogens with zero attached hydrogens (tertiary/aromatic N) is 4. The van der Waals surface area contributed by atoms with Gasteiger partial charge < -0.3 is 14.5 Å². The molecule has 2 aromatic rings. The number of fused-ring (bicyclic) bond motifs is 1. The number of likely N-dealkylation sites (tertiary alicyclic amines) is 2. The number of para-hydroxylation sites is 1. The van der Waals surface area contributed by atoms with Crippen LogP contribution >= 0.6 is 0 Å². The number of carbonyl (C=O) groups is 1. The minimum absolute atomic E-state index is 0.0440. The van der Waals surface area contributed by atoms with Crippen molar-refractivity contribution in [3.05, 3.63) is 30.0 Å². The lowest BCUT2D eigenvalue weighted by Crippen LogP contribution is -2.50. The lowest BCUT2D eigenvalue weighted by atomic mass is 9.86. The van der Waals surface area contributed by atoms with Crippen molar-refractivity contribution in [1.82, 2.24) is 19.6 Å². The Morgan fingerprint density at radius 3 is 2.89 bits per heavy atom. The molecule has 0 bridgehead atoms. The molecule has 3 saturated heterocycles. The van der Waals surface area contributed by atoms with Crippen molar-refractivity contribution in [1.29, 1.82) is 0 Å². The summed E-state index contributed by atoms with van der Waals surface area (Å²) in [5.74, 6) is 0.645. The predicted octanol–water partition coefficient (Wildman–Crippen LogP) is 2.68. The van der Waals surface area contributed by atoms with Crippen molar-refractivity contribution < 1.29 is 9.53 Å². The minimum atomic E-state index is -0.150. The monoisotopic (exact) mass is 382 g/mol. The van der Waals surface area contributed by atoms with Crippen LogP contribution < -0.4 is 0 Å². The van der Waals surface area contributed by atoms with Crippen molar-refractivity contribution >= 4 is 16.8 Å². The Balaban J connectivity index is 1.31. The molecule has 0 saturated carbocycles. The summed E-state index contributed by atoms with van der Waals surface area (Å²) in [5.41, 5.74) is 1.42. The second-order valence-electron chi connectivity index (χ2n) is 8.89. The number of hydrogen-bond donors (Lipinski definition) is 0. The number of piperidine rings is 1. The molecule has 3 aliphatic heterocycles. The molecule has 150 valence electrons. The van der Waals surface area contributed by atoms with Crippen molar-refractivity contribution in [3.63, 3.8) is 0 Å². The van der Waals surface area contributed by atoms with Crippen molar-refractivity contribution in [2.24, 2.45) is 13.0 Å². The molecule has 1 spiro atoms. The first-order valence-corrected chi connectivity index (χ1v) is 10.7. The van der Waals surface area contributed by atoms with Gasteiger partial charge in [0.25, 0.3) is 5.91 Å². The molecule has 0 unspecified atom stereocenters. The van der Waals surface area contributed by atoms with Crippen LogP contribution in [0.1, 0.15) is 42.6 Å². The maximum Gasteiger partial charge on any atom is 0.275 e. The first-order valence-electron chi connectivity index (χ1n) is 10.7. The van der Waals surface area contributed by atoms with Gasteiger partial charge in [-0.3, -0.25) is 9.48 Å². The summed E-state index contributed by atoms with van der Waals surface area (Å²) in [4.78, 5) is 17.9. The van der Waals surface area contributed by atoms with E-state index in [1.165, 1.54) is 25.9 Å². The van der Waals surface area contributed by atoms with Crippen LogP contribution in [0.3, 0.4) is 0 Å². The lowest BCUT2D eigenvalue weighted by Gasteiger charge is -2.39. The summed E-state index contributed by atoms with van der Waals surface area (Å²) in [6.07, 6.45) is 5.82. The number of carbonyl (C=O) groups excluding carboxylic acids is 1. The summed E-state index contributed by atoms with van der Waals surface area (Å²) in [6.45, 7) is 5.96. The van der Waals surface area contributed by atoms with E-state index in [-0.39, 0.29) is 11.5 Å². The van der Waals surface area contributed by atoms with Crippen LogP contribution in [0.2, 0.25) is 0 Å². The van der Waals surface area contributed by atoms with E-state index in [9.17, 15) is 4.79 Å². The van der Waals surface area contributed by atoms with E-state index in [0.29, 0.717) is 18.2 Å². The quantitative estimate of drug-likeness (QED) is 0.819. The van der Waals surface area contributed by atoms with Crippen molar-refractivity contribution in [2.45, 2.75) is 37.7 Å². The fourth-order valence-corrected chi connectivity index (χ4v) is 5.46. The Morgan fingerprint density at radius 1 is 1.21 bits per heavy atom. The molecule has 1 aromatic heterocycles. The van der Waals surface area contributed by atoms with Gasteiger partial charge in [-0.2, -0.15) is 5.10 Å². The number of benzene rings is 1. The number of ether oxygens (including phenoxy) is 1. The molecule has 0 aliphatic carbocycles. The molecule has 3 aliphatic rings. The zero-order chi connectivity index (χ0) is 19.1. The van der Waals surface area contributed by atoms with E-state index in [4.69, 9.17) is 4.74 Å². The Morgan fingerprint density at radius 2 is 2.04 bits per heavy atom. The third kappa shape index (κ3) is 3.22. The Kier molecular flexibility index (Phi) is 4.63. The van der Waals surface area contributed by atoms with Gasteiger partial charge in [0.1, 0.15) is 0 Å². The second kappa shape index (κ2) is 7.16. The van der Waals surface area contributed by atoms with Gasteiger partial charge in [-0.05, 0) is 57.2 Å². The van der Waals surface area contributed by atoms with Gasteiger partial charge >= 0.3 is 0 Å². The average molecular weight is 383 g/mol. The first kappa shape index (κ1) is 18.1. The zero-order valence-corrected chi connectivity index (χ0v) is 16.8. The minimum Gasteiger partial charge on any atom is -0.373 e. The van der Waals surface area contributed by atoms with E-state index >= 15 is 0 Å². The second-order valence-corrected chi connectivity index (χ2v) is 8.89. The fraction of sp³-hybridized carbons (Fsp3) is 0.636. The van der Waals surface area contributed by atoms with Gasteiger partial charge in [0.05, 0.1) is 24.3 Å². The lowest BCUT2D eigenvalue weighted by molar-refractivity contribution is -0.0451. The van der Waals surface area contributed by atoms with Crippen LogP contribution in [-0.4, -0.2) is 70.4 Å². The summed E-state index contributed by atoms with van der Waals surface area (Å²) < 4.78 is 8.17. The molecule has 4 heterocycles. The summed E-state index contributed by atoms with van der Waals surface area (Å²) in [5, 5.41) is 5.48. The van der Waals surface area contributed by atoms with Crippen LogP contribution in [0.4, 0.5) is 0 Å². The van der Waals surface area contributed by atoms with E-state index in [1.807, 2.05) is 36.2 Å². The topological polar surface area (TPSA) is 50.6 Å². The fourth-order valence-electron chi connectivity index (χ4n) is 5.46. The summed E-state index contributed by atoms with van der Waals surface area (Å²) >= 11 is 0. The molecule has 5 rings (SSSR count). The maximum atomic E-state index is 13.3. The highest BCUT2D eigenvalue weighted by atomic mass is 16.5. The smallest absolute Gasteiger partial charge is 0.275 e. The summed E-state index contributed by atoms with van der Waals surface area (Å²) in [7, 11) is 1.90. The van der Waals surface area contributed by atoms with E-state index in [2.05, 4.69) is 10.00 Å². The van der Waals surface area contributed by atoms with Gasteiger partial charge in [0.2, 0.25) is 0 Å². The van der Waals surface area contributed by atoms with Crippen LogP contribution in [0.15, 0.2) is 24.3 Å². The predicted molar refractivity (Wildman–Crippen MR) is 108 cm³/mol. The zero-order valence-electron chi connectivity index (χ0n) is 16.8. The van der Waals surface area contributed by atoms with Crippen LogP contribution in [0, 0.1) is 5.92 Å². The number of hydrogen-bond acceptors (Lipinski definition) is 4. The average Bonchev–Trinajstić information content (AvgIpc) is 3.43. The molecule has 28 heavy (non-hydrogen) atoms. The van der Waals surface area contributed by atoms with Gasteiger partial charge in [-0.15, -0.1) is 0 Å². The third-order valence-corrected chi connectivity index (χ3v) is 6.79. The highest BCUT2D eigenvalue weighted by Crippen LogP contribution is 2.38. The number of aromatic nitrogens is 2. The van der Waals surface area contributed by atoms with E-state index in [0.717, 1.165) is 49.9 Å². The standard InChI is InChI=1S/C22H30N4O2/c1-24-19-8-3-2-7-18(19)20(23-24)21(27)26-12-6-9-22(16-26)13-17(15-28-22)14-25-10-4-5-11-25/h2-3,7-8,17H,4-6,9-16H2,1H3/t17-,22-/m0/s1. The molecule has 0 N–H and O–H groups in total. The van der Waals surface area contributed by atoms with Gasteiger partial charge in [-0.1, -0.05) is 18.2 Å². The SMILES string of the molecule is Cn1nc(C(=O)N2CCC[C@]3(C[C@@H](CN4CCCC4)CO3)C2)c2ccccc21. The normalized spacial score (nSPS) is 28.6. The van der Waals surface area contributed by atoms with Crippen LogP contribution in [0.25, 0.3) is 10.9 Å². The molecule has 0 radical (unpaired) electrons. The number of rotatable bonds is 3.